The van der Waals surface area contributed by atoms with Crippen LogP contribution in [0.1, 0.15) is 10.4 Å². The zero-order valence-electron chi connectivity index (χ0n) is 30.3. The Morgan fingerprint density at radius 1 is 0.529 bits per heavy atom. The van der Waals surface area contributed by atoms with E-state index in [1.165, 1.54) is 0 Å². The lowest BCUT2D eigenvalue weighted by atomic mass is 10.2. The van der Waals surface area contributed by atoms with Gasteiger partial charge in [0.15, 0.2) is 0 Å². The Labute approximate surface area is 301 Å². The average Bonchev–Trinajstić information content (AvgIpc) is 3.14. The number of hydrogen-bond donors (Lipinski definition) is 1. The van der Waals surface area contributed by atoms with Gasteiger partial charge in [0, 0.05) is 43.9 Å². The summed E-state index contributed by atoms with van der Waals surface area (Å²) < 4.78 is 70.6. The van der Waals surface area contributed by atoms with Crippen LogP contribution in [0.5, 0.6) is 11.5 Å². The number of azide groups is 1. The third kappa shape index (κ3) is 30.5. The molecule has 0 aromatic heterocycles. The first-order chi connectivity index (χ1) is 25.2. The van der Waals surface area contributed by atoms with Crippen LogP contribution in [-0.2, 0) is 52.1 Å². The van der Waals surface area contributed by atoms with E-state index < -0.39 is 0 Å². The van der Waals surface area contributed by atoms with Gasteiger partial charge in [0.2, 0.25) is 0 Å². The highest BCUT2D eigenvalue weighted by atomic mass is 16.6. The average molecular weight is 735 g/mol. The maximum atomic E-state index is 13.0. The number of ether oxygens (including phenoxy) is 13. The van der Waals surface area contributed by atoms with Gasteiger partial charge >= 0.3 is 0 Å². The molecule has 0 heterocycles. The van der Waals surface area contributed by atoms with Gasteiger partial charge in [-0.2, -0.15) is 0 Å². The van der Waals surface area contributed by atoms with E-state index in [1.807, 2.05) is 0 Å². The van der Waals surface area contributed by atoms with E-state index in [-0.39, 0.29) is 25.7 Å². The number of nitrogens with one attached hydrogen (secondary N) is 1. The quantitative estimate of drug-likeness (QED) is 0.0446. The lowest BCUT2D eigenvalue weighted by Gasteiger charge is -2.13. The minimum atomic E-state index is -0.303. The van der Waals surface area contributed by atoms with Crippen LogP contribution in [0.3, 0.4) is 0 Å². The zero-order chi connectivity index (χ0) is 36.7. The van der Waals surface area contributed by atoms with E-state index >= 15 is 0 Å². The van der Waals surface area contributed by atoms with Crippen LogP contribution in [0, 0.1) is 0 Å². The van der Waals surface area contributed by atoms with Gasteiger partial charge in [0.1, 0.15) is 24.7 Å². The number of carbonyl (C=O) groups excluding carboxylic acids is 1. The minimum Gasteiger partial charge on any atom is -0.491 e. The van der Waals surface area contributed by atoms with Crippen molar-refractivity contribution >= 4 is 5.91 Å². The molecule has 0 aliphatic heterocycles. The lowest BCUT2D eigenvalue weighted by Crippen LogP contribution is -2.27. The number of nitrogens with zero attached hydrogens (tertiary/aromatic N) is 3. The first-order valence-electron chi connectivity index (χ1n) is 17.1. The Morgan fingerprint density at radius 3 is 1.27 bits per heavy atom. The molecule has 0 saturated carbocycles. The van der Waals surface area contributed by atoms with Gasteiger partial charge in [-0.15, -0.1) is 0 Å². The number of benzene rings is 1. The molecule has 1 rings (SSSR count). The molecule has 1 amide bonds. The van der Waals surface area contributed by atoms with Crippen molar-refractivity contribution < 1.29 is 66.4 Å². The van der Waals surface area contributed by atoms with Crippen LogP contribution < -0.4 is 14.8 Å². The molecule has 1 N–H and O–H groups in total. The van der Waals surface area contributed by atoms with E-state index in [4.69, 9.17) is 67.1 Å². The first kappa shape index (κ1) is 46.2. The highest BCUT2D eigenvalue weighted by Gasteiger charge is 2.11. The third-order valence-electron chi connectivity index (χ3n) is 6.16. The summed E-state index contributed by atoms with van der Waals surface area (Å²) in [6.07, 6.45) is 0. The number of hydrogen-bond acceptors (Lipinski definition) is 15. The van der Waals surface area contributed by atoms with Gasteiger partial charge in [-0.25, -0.2) is 0 Å². The van der Waals surface area contributed by atoms with Crippen molar-refractivity contribution in [2.45, 2.75) is 0 Å². The van der Waals surface area contributed by atoms with Crippen molar-refractivity contribution in [1.29, 1.82) is 0 Å². The Hall–Kier alpha value is -2.84. The second-order valence-corrected chi connectivity index (χ2v) is 10.1. The molecule has 0 radical (unpaired) electrons. The monoisotopic (exact) mass is 734 g/mol. The minimum absolute atomic E-state index is 0.267. The van der Waals surface area contributed by atoms with Crippen LogP contribution in [-0.4, -0.2) is 179 Å². The van der Waals surface area contributed by atoms with Crippen molar-refractivity contribution in [1.82, 2.24) is 5.32 Å². The summed E-state index contributed by atoms with van der Waals surface area (Å²) in [5.74, 6) is 0.619. The summed E-state index contributed by atoms with van der Waals surface area (Å²) in [5.41, 5.74) is 8.59. The van der Waals surface area contributed by atoms with E-state index in [0.717, 1.165) is 0 Å². The summed E-state index contributed by atoms with van der Waals surface area (Å²) in [5, 5.41) is 6.22. The molecule has 0 aliphatic carbocycles. The molecule has 18 heteroatoms. The van der Waals surface area contributed by atoms with Crippen LogP contribution in [0.25, 0.3) is 10.4 Å². The molecule has 1 aromatic rings. The van der Waals surface area contributed by atoms with Gasteiger partial charge in [-0.1, -0.05) is 5.11 Å². The van der Waals surface area contributed by atoms with Crippen LogP contribution in [0.2, 0.25) is 0 Å². The normalized spacial score (nSPS) is 11.0. The summed E-state index contributed by atoms with van der Waals surface area (Å²) in [6, 6.07) is 5.00. The highest BCUT2D eigenvalue weighted by Crippen LogP contribution is 2.23. The molecule has 18 nitrogen and oxygen atoms in total. The van der Waals surface area contributed by atoms with Gasteiger partial charge < -0.3 is 66.9 Å². The lowest BCUT2D eigenvalue weighted by molar-refractivity contribution is -0.000105. The standard InChI is InChI=1S/C33H58N4O14/c1-39-7-9-43-15-17-46-19-21-48-23-25-50-31-27-30(33(38)35-3-5-41-11-13-45-14-12-42-6-4-36-37-34)28-32(29-31)51-26-24-49-22-20-47-18-16-44-10-8-40-2/h27-29H,3-26H2,1-2H3,(H,35,38). The fraction of sp³-hybridized carbons (Fsp3) is 0.788. The predicted octanol–water partition coefficient (Wildman–Crippen LogP) is 1.93. The molecular formula is C33H58N4O14. The number of carbonyl (C=O) groups is 1. The molecule has 0 unspecified atom stereocenters. The van der Waals surface area contributed by atoms with Crippen molar-refractivity contribution in [3.63, 3.8) is 0 Å². The van der Waals surface area contributed by atoms with Crippen molar-refractivity contribution in [2.24, 2.45) is 5.11 Å². The SMILES string of the molecule is COCCOCCOCCOCCOc1cc(OCCOCCOCCOCCOC)cc(C(=O)NCCOCCOCCOCCN=[N+]=[N-])c1. The smallest absolute Gasteiger partial charge is 0.251 e. The molecule has 51 heavy (non-hydrogen) atoms. The Kier molecular flexibility index (Phi) is 33.4. The third-order valence-corrected chi connectivity index (χ3v) is 6.16. The van der Waals surface area contributed by atoms with E-state index in [1.54, 1.807) is 32.4 Å². The number of amides is 1. The van der Waals surface area contributed by atoms with Crippen molar-refractivity contribution in [2.75, 3.05) is 173 Å². The second-order valence-electron chi connectivity index (χ2n) is 10.1. The fourth-order valence-electron chi connectivity index (χ4n) is 3.71. The van der Waals surface area contributed by atoms with E-state index in [9.17, 15) is 4.79 Å². The summed E-state index contributed by atoms with van der Waals surface area (Å²) in [6.45, 7) is 9.80. The number of rotatable bonds is 39. The Bertz CT molecular complexity index is 945. The Balaban J connectivity index is 2.39. The molecule has 0 spiro atoms. The summed E-state index contributed by atoms with van der Waals surface area (Å²) >= 11 is 0. The van der Waals surface area contributed by atoms with Crippen molar-refractivity contribution in [3.05, 3.63) is 34.2 Å². The summed E-state index contributed by atoms with van der Waals surface area (Å²) in [4.78, 5) is 15.6. The molecule has 1 aromatic carbocycles. The molecular weight excluding hydrogens is 676 g/mol. The zero-order valence-corrected chi connectivity index (χ0v) is 30.3. The predicted molar refractivity (Wildman–Crippen MR) is 185 cm³/mol. The van der Waals surface area contributed by atoms with Gasteiger partial charge in [-0.3, -0.25) is 4.79 Å². The Morgan fingerprint density at radius 2 is 0.882 bits per heavy atom. The molecule has 294 valence electrons. The maximum absolute atomic E-state index is 13.0. The first-order valence-corrected chi connectivity index (χ1v) is 17.1. The van der Waals surface area contributed by atoms with Gasteiger partial charge in [-0.05, 0) is 17.7 Å². The fourth-order valence-corrected chi connectivity index (χ4v) is 3.71. The second kappa shape index (κ2) is 36.9. The van der Waals surface area contributed by atoms with Gasteiger partial charge in [0.25, 0.3) is 5.91 Å². The molecule has 0 aliphatic rings. The maximum Gasteiger partial charge on any atom is 0.251 e. The topological polar surface area (TPSA) is 198 Å². The van der Waals surface area contributed by atoms with Crippen molar-refractivity contribution in [3.8, 4) is 11.5 Å². The largest absolute Gasteiger partial charge is 0.491 e. The van der Waals surface area contributed by atoms with Crippen LogP contribution in [0.15, 0.2) is 23.3 Å². The van der Waals surface area contributed by atoms with Gasteiger partial charge in [0.05, 0.1) is 132 Å². The van der Waals surface area contributed by atoms with Crippen LogP contribution >= 0.6 is 0 Å². The summed E-state index contributed by atoms with van der Waals surface area (Å²) in [7, 11) is 3.25. The molecule has 0 bridgehead atoms. The molecule has 0 atom stereocenters. The van der Waals surface area contributed by atoms with Crippen LogP contribution in [0.4, 0.5) is 0 Å². The molecule has 0 fully saturated rings. The van der Waals surface area contributed by atoms with E-state index in [0.29, 0.717) is 156 Å². The number of methoxy groups -OCH3 is 2. The van der Waals surface area contributed by atoms with E-state index in [2.05, 4.69) is 15.3 Å². The highest BCUT2D eigenvalue weighted by molar-refractivity contribution is 5.95. The molecule has 0 saturated heterocycles.